The van der Waals surface area contributed by atoms with Crippen molar-refractivity contribution in [3.63, 3.8) is 0 Å². The minimum absolute atomic E-state index is 0.132. The van der Waals surface area contributed by atoms with E-state index in [0.717, 1.165) is 25.7 Å². The number of rotatable bonds is 18. The van der Waals surface area contributed by atoms with E-state index in [9.17, 15) is 19.2 Å². The fraction of sp³-hybridized carbons (Fsp3) is 0.857. The van der Waals surface area contributed by atoms with Crippen LogP contribution in [0.2, 0.25) is 0 Å². The minimum Gasteiger partial charge on any atom is -0.463 e. The van der Waals surface area contributed by atoms with E-state index in [1.807, 2.05) is 55.4 Å². The molecule has 35 heavy (non-hydrogen) atoms. The number of esters is 2. The predicted octanol–water partition coefficient (Wildman–Crippen LogP) is 5.71. The molecule has 0 unspecified atom stereocenters. The summed E-state index contributed by atoms with van der Waals surface area (Å²) in [4.78, 5) is 48.1. The summed E-state index contributed by atoms with van der Waals surface area (Å²) in [6.45, 7) is 19.0. The second-order valence-electron chi connectivity index (χ2n) is 12.2. The van der Waals surface area contributed by atoms with E-state index in [4.69, 9.17) is 14.2 Å². The number of carbonyl (C=O) groups excluding carboxylic acids is 4. The Morgan fingerprint density at radius 3 is 1.06 bits per heavy atom. The molecule has 0 radical (unpaired) electrons. The molecule has 0 atom stereocenters. The lowest BCUT2D eigenvalue weighted by Gasteiger charge is -2.26. The molecule has 0 aromatic carbocycles. The molecule has 0 rings (SSSR count). The SMILES string of the molecule is CC(=O)C(C)(C)CCCC(C)(C)C(=O)OCCOCCOC(=O)C(C)(C)CCCC(C)(C)C(C)=O. The largest absolute Gasteiger partial charge is 0.463 e. The second-order valence-corrected chi connectivity index (χ2v) is 12.2. The highest BCUT2D eigenvalue weighted by Gasteiger charge is 2.32. The Morgan fingerprint density at radius 1 is 0.486 bits per heavy atom. The summed E-state index contributed by atoms with van der Waals surface area (Å²) >= 11 is 0. The standard InChI is InChI=1S/C28H50O7/c1-21(29)25(3,4)13-11-15-27(7,8)23(31)34-19-17-33-18-20-35-24(32)28(9,10)16-12-14-26(5,6)22(2)30/h11-20H2,1-10H3. The quantitative estimate of drug-likeness (QED) is 0.176. The van der Waals surface area contributed by atoms with Gasteiger partial charge in [0.2, 0.25) is 0 Å². The second kappa shape index (κ2) is 14.1. The molecule has 0 heterocycles. The Hall–Kier alpha value is -1.76. The minimum atomic E-state index is -0.631. The van der Waals surface area contributed by atoms with Crippen LogP contribution in [0.5, 0.6) is 0 Å². The maximum absolute atomic E-state index is 12.4. The van der Waals surface area contributed by atoms with Crippen LogP contribution < -0.4 is 0 Å². The maximum Gasteiger partial charge on any atom is 0.311 e. The molecular weight excluding hydrogens is 448 g/mol. The van der Waals surface area contributed by atoms with Crippen molar-refractivity contribution in [2.75, 3.05) is 26.4 Å². The third kappa shape index (κ3) is 12.7. The lowest BCUT2D eigenvalue weighted by Crippen LogP contribution is -2.30. The normalized spacial score (nSPS) is 12.9. The van der Waals surface area contributed by atoms with Crippen LogP contribution >= 0.6 is 0 Å². The van der Waals surface area contributed by atoms with Gasteiger partial charge in [-0.05, 0) is 67.2 Å². The molecule has 0 fully saturated rings. The lowest BCUT2D eigenvalue weighted by atomic mass is 9.79. The molecule has 0 saturated heterocycles. The van der Waals surface area contributed by atoms with Gasteiger partial charge in [0.1, 0.15) is 24.8 Å². The van der Waals surface area contributed by atoms with Crippen LogP contribution in [-0.2, 0) is 33.4 Å². The van der Waals surface area contributed by atoms with Crippen LogP contribution in [0.3, 0.4) is 0 Å². The van der Waals surface area contributed by atoms with Crippen LogP contribution in [0.4, 0.5) is 0 Å². The summed E-state index contributed by atoms with van der Waals surface area (Å²) < 4.78 is 16.1. The Kier molecular flexibility index (Phi) is 13.4. The van der Waals surface area contributed by atoms with Crippen molar-refractivity contribution in [1.82, 2.24) is 0 Å². The highest BCUT2D eigenvalue weighted by molar-refractivity contribution is 5.82. The summed E-state index contributed by atoms with van der Waals surface area (Å²) in [6.07, 6.45) is 4.27. The summed E-state index contributed by atoms with van der Waals surface area (Å²) in [5.41, 5.74) is -2.01. The lowest BCUT2D eigenvalue weighted by molar-refractivity contribution is -0.157. The molecule has 0 aromatic rings. The van der Waals surface area contributed by atoms with E-state index in [-0.39, 0.29) is 60.8 Å². The first kappa shape index (κ1) is 33.2. The molecule has 7 heteroatoms. The molecule has 0 N–H and O–H groups in total. The molecule has 204 valence electrons. The van der Waals surface area contributed by atoms with Crippen molar-refractivity contribution < 1.29 is 33.4 Å². The Labute approximate surface area is 213 Å². The zero-order valence-electron chi connectivity index (χ0n) is 23.9. The van der Waals surface area contributed by atoms with Crippen molar-refractivity contribution >= 4 is 23.5 Å². The van der Waals surface area contributed by atoms with E-state index in [0.29, 0.717) is 12.8 Å². The third-order valence-corrected chi connectivity index (χ3v) is 7.14. The summed E-state index contributed by atoms with van der Waals surface area (Å²) in [7, 11) is 0. The van der Waals surface area contributed by atoms with Crippen molar-refractivity contribution in [1.29, 1.82) is 0 Å². The first-order valence-electron chi connectivity index (χ1n) is 12.8. The fourth-order valence-electron chi connectivity index (χ4n) is 3.38. The fourth-order valence-corrected chi connectivity index (χ4v) is 3.38. The van der Waals surface area contributed by atoms with Crippen molar-refractivity contribution in [3.8, 4) is 0 Å². The van der Waals surface area contributed by atoms with Crippen molar-refractivity contribution in [3.05, 3.63) is 0 Å². The first-order valence-corrected chi connectivity index (χ1v) is 12.8. The van der Waals surface area contributed by atoms with Gasteiger partial charge in [0.25, 0.3) is 0 Å². The monoisotopic (exact) mass is 498 g/mol. The van der Waals surface area contributed by atoms with Gasteiger partial charge < -0.3 is 14.2 Å². The maximum atomic E-state index is 12.4. The molecular formula is C28H50O7. The molecule has 0 aliphatic rings. The predicted molar refractivity (Wildman–Crippen MR) is 137 cm³/mol. The van der Waals surface area contributed by atoms with E-state index >= 15 is 0 Å². The van der Waals surface area contributed by atoms with Gasteiger partial charge in [0, 0.05) is 10.8 Å². The first-order chi connectivity index (χ1) is 15.8. The Bertz CT molecular complexity index is 657. The molecule has 0 aliphatic carbocycles. The van der Waals surface area contributed by atoms with Crippen LogP contribution in [-0.4, -0.2) is 49.9 Å². The van der Waals surface area contributed by atoms with Crippen LogP contribution in [0.25, 0.3) is 0 Å². The summed E-state index contributed by atoms with van der Waals surface area (Å²) in [5, 5.41) is 0. The number of carbonyl (C=O) groups is 4. The smallest absolute Gasteiger partial charge is 0.311 e. The summed E-state index contributed by atoms with van der Waals surface area (Å²) in [5.74, 6) is -0.276. The molecule has 0 bridgehead atoms. The average molecular weight is 499 g/mol. The van der Waals surface area contributed by atoms with Crippen molar-refractivity contribution in [2.45, 2.75) is 108 Å². The van der Waals surface area contributed by atoms with Gasteiger partial charge in [0.15, 0.2) is 0 Å². The van der Waals surface area contributed by atoms with Gasteiger partial charge in [-0.2, -0.15) is 0 Å². The van der Waals surface area contributed by atoms with E-state index in [2.05, 4.69) is 0 Å². The molecule has 0 aliphatic heterocycles. The van der Waals surface area contributed by atoms with Gasteiger partial charge in [-0.1, -0.05) is 40.5 Å². The number of hydrogen-bond donors (Lipinski definition) is 0. The van der Waals surface area contributed by atoms with E-state index in [1.165, 1.54) is 0 Å². The zero-order chi connectivity index (χ0) is 27.5. The van der Waals surface area contributed by atoms with Crippen LogP contribution in [0.1, 0.15) is 108 Å². The molecule has 0 spiro atoms. The Morgan fingerprint density at radius 2 is 0.771 bits per heavy atom. The van der Waals surface area contributed by atoms with Gasteiger partial charge in [-0.15, -0.1) is 0 Å². The highest BCUT2D eigenvalue weighted by Crippen LogP contribution is 2.31. The molecule has 0 aromatic heterocycles. The van der Waals surface area contributed by atoms with Gasteiger partial charge in [-0.25, -0.2) is 0 Å². The number of ketones is 2. The van der Waals surface area contributed by atoms with Crippen molar-refractivity contribution in [2.24, 2.45) is 21.7 Å². The highest BCUT2D eigenvalue weighted by atomic mass is 16.6. The summed E-state index contributed by atoms with van der Waals surface area (Å²) in [6, 6.07) is 0. The molecule has 0 amide bonds. The molecule has 7 nitrogen and oxygen atoms in total. The number of Topliss-reactive ketones (excluding diaryl/α,β-unsaturated/α-hetero) is 2. The van der Waals surface area contributed by atoms with Crippen LogP contribution in [0.15, 0.2) is 0 Å². The zero-order valence-corrected chi connectivity index (χ0v) is 23.9. The average Bonchev–Trinajstić information content (AvgIpc) is 2.71. The van der Waals surface area contributed by atoms with E-state index < -0.39 is 10.8 Å². The molecule has 0 saturated carbocycles. The van der Waals surface area contributed by atoms with E-state index in [1.54, 1.807) is 13.8 Å². The Balaban J connectivity index is 4.12. The van der Waals surface area contributed by atoms with Crippen LogP contribution in [0, 0.1) is 21.7 Å². The van der Waals surface area contributed by atoms with Gasteiger partial charge in [0.05, 0.1) is 24.0 Å². The topological polar surface area (TPSA) is 96.0 Å². The number of hydrogen-bond acceptors (Lipinski definition) is 7. The number of ether oxygens (including phenoxy) is 3. The third-order valence-electron chi connectivity index (χ3n) is 7.14. The van der Waals surface area contributed by atoms with Gasteiger partial charge in [-0.3, -0.25) is 19.2 Å². The van der Waals surface area contributed by atoms with Gasteiger partial charge >= 0.3 is 11.9 Å².